The number of nitrogens with one attached hydrogen (secondary N) is 2. The number of aryl methyl sites for hydroxylation is 2. The summed E-state index contributed by atoms with van der Waals surface area (Å²) in [6.45, 7) is 6.27. The third-order valence-electron chi connectivity index (χ3n) is 3.35. The Morgan fingerprint density at radius 3 is 2.48 bits per heavy atom. The van der Waals surface area contributed by atoms with Crippen molar-refractivity contribution in [1.29, 1.82) is 0 Å². The molecule has 1 aromatic heterocycles. The summed E-state index contributed by atoms with van der Waals surface area (Å²) < 4.78 is 0. The average Bonchev–Trinajstić information content (AvgIpc) is 2.46. The maximum Gasteiger partial charge on any atom is 0.172 e. The second-order valence-corrected chi connectivity index (χ2v) is 5.60. The number of hydrogen-bond donors (Lipinski definition) is 2. The average molecular weight is 299 g/mol. The lowest BCUT2D eigenvalue weighted by atomic mass is 10.0. The number of aromatic nitrogens is 1. The predicted molar refractivity (Wildman–Crippen MR) is 92.5 cm³/mol. The molecule has 0 radical (unpaired) electrons. The van der Waals surface area contributed by atoms with E-state index in [2.05, 4.69) is 53.7 Å². The first-order valence-corrected chi connectivity index (χ1v) is 7.56. The molecule has 0 aliphatic heterocycles. The normalized spacial score (nSPS) is 11.8. The highest BCUT2D eigenvalue weighted by Gasteiger charge is 2.10. The van der Waals surface area contributed by atoms with E-state index in [0.717, 1.165) is 17.8 Å². The molecule has 0 aliphatic carbocycles. The lowest BCUT2D eigenvalue weighted by Gasteiger charge is -2.20. The molecule has 0 unspecified atom stereocenters. The molecule has 21 heavy (non-hydrogen) atoms. The number of anilines is 1. The van der Waals surface area contributed by atoms with Gasteiger partial charge in [0.1, 0.15) is 5.82 Å². The van der Waals surface area contributed by atoms with Crippen molar-refractivity contribution in [3.05, 3.63) is 59.3 Å². The second kappa shape index (κ2) is 7.18. The van der Waals surface area contributed by atoms with Crippen molar-refractivity contribution in [2.45, 2.75) is 33.2 Å². The van der Waals surface area contributed by atoms with Gasteiger partial charge in [-0.1, -0.05) is 36.8 Å². The third kappa shape index (κ3) is 4.53. The van der Waals surface area contributed by atoms with Crippen LogP contribution in [0.25, 0.3) is 0 Å². The van der Waals surface area contributed by atoms with E-state index < -0.39 is 0 Å². The molecule has 0 saturated heterocycles. The van der Waals surface area contributed by atoms with Crippen molar-refractivity contribution in [3.63, 3.8) is 0 Å². The van der Waals surface area contributed by atoms with Crippen molar-refractivity contribution < 1.29 is 0 Å². The Morgan fingerprint density at radius 1 is 1.14 bits per heavy atom. The summed E-state index contributed by atoms with van der Waals surface area (Å²) >= 11 is 5.39. The zero-order valence-corrected chi connectivity index (χ0v) is 13.5. The van der Waals surface area contributed by atoms with Gasteiger partial charge in [-0.05, 0) is 55.7 Å². The second-order valence-electron chi connectivity index (χ2n) is 5.19. The standard InChI is InChI=1S/C17H21N3S/c1-4-15(14-7-5-12(2)6-8-14)19-17(21)20-16-11-13(3)9-10-18-16/h5-11,15H,4H2,1-3H3,(H2,18,19,20,21)/t15-/m1/s1. The van der Waals surface area contributed by atoms with E-state index in [1.165, 1.54) is 11.1 Å². The highest BCUT2D eigenvalue weighted by atomic mass is 32.1. The Balaban J connectivity index is 2.01. The van der Waals surface area contributed by atoms with E-state index in [4.69, 9.17) is 12.2 Å². The van der Waals surface area contributed by atoms with Gasteiger partial charge in [0.05, 0.1) is 6.04 Å². The highest BCUT2D eigenvalue weighted by Crippen LogP contribution is 2.17. The van der Waals surface area contributed by atoms with Crippen LogP contribution in [0.3, 0.4) is 0 Å². The van der Waals surface area contributed by atoms with Crippen LogP contribution < -0.4 is 10.6 Å². The first-order valence-electron chi connectivity index (χ1n) is 7.15. The van der Waals surface area contributed by atoms with Gasteiger partial charge in [0.15, 0.2) is 5.11 Å². The Kier molecular flexibility index (Phi) is 5.28. The molecule has 110 valence electrons. The smallest absolute Gasteiger partial charge is 0.172 e. The summed E-state index contributed by atoms with van der Waals surface area (Å²) in [7, 11) is 0. The molecule has 2 rings (SSSR count). The van der Waals surface area contributed by atoms with Gasteiger partial charge < -0.3 is 10.6 Å². The van der Waals surface area contributed by atoms with Gasteiger partial charge in [-0.15, -0.1) is 0 Å². The monoisotopic (exact) mass is 299 g/mol. The Bertz CT molecular complexity index is 608. The van der Waals surface area contributed by atoms with Gasteiger partial charge in [-0.25, -0.2) is 4.98 Å². The molecule has 2 aromatic rings. The Labute approximate surface area is 131 Å². The molecule has 0 saturated carbocycles. The fourth-order valence-electron chi connectivity index (χ4n) is 2.14. The molecule has 0 fully saturated rings. The van der Waals surface area contributed by atoms with Crippen LogP contribution in [0.2, 0.25) is 0 Å². The van der Waals surface area contributed by atoms with Crippen molar-refractivity contribution >= 4 is 23.1 Å². The molecule has 1 aromatic carbocycles. The first-order chi connectivity index (χ1) is 10.1. The van der Waals surface area contributed by atoms with Crippen LogP contribution in [-0.2, 0) is 0 Å². The largest absolute Gasteiger partial charge is 0.356 e. The molecular formula is C17H21N3S. The Morgan fingerprint density at radius 2 is 1.86 bits per heavy atom. The topological polar surface area (TPSA) is 37.0 Å². The predicted octanol–water partition coefficient (Wildman–Crippen LogP) is 4.14. The first kappa shape index (κ1) is 15.4. The van der Waals surface area contributed by atoms with E-state index >= 15 is 0 Å². The maximum absolute atomic E-state index is 5.39. The maximum atomic E-state index is 5.39. The van der Waals surface area contributed by atoms with Crippen LogP contribution in [0, 0.1) is 13.8 Å². The van der Waals surface area contributed by atoms with E-state index in [1.54, 1.807) is 6.20 Å². The van der Waals surface area contributed by atoms with Gasteiger partial charge in [0.25, 0.3) is 0 Å². The summed E-state index contributed by atoms with van der Waals surface area (Å²) in [5.74, 6) is 0.770. The van der Waals surface area contributed by atoms with Gasteiger partial charge >= 0.3 is 0 Å². The van der Waals surface area contributed by atoms with Crippen LogP contribution in [-0.4, -0.2) is 10.1 Å². The minimum atomic E-state index is 0.204. The fraction of sp³-hybridized carbons (Fsp3) is 0.294. The van der Waals surface area contributed by atoms with Crippen LogP contribution in [0.1, 0.15) is 36.1 Å². The summed E-state index contributed by atoms with van der Waals surface area (Å²) in [4.78, 5) is 4.26. The van der Waals surface area contributed by atoms with Crippen LogP contribution in [0.15, 0.2) is 42.6 Å². The summed E-state index contributed by atoms with van der Waals surface area (Å²) in [5.41, 5.74) is 3.66. The molecule has 0 aliphatic rings. The molecule has 4 heteroatoms. The van der Waals surface area contributed by atoms with Gasteiger partial charge in [-0.3, -0.25) is 0 Å². The number of rotatable bonds is 4. The molecular weight excluding hydrogens is 278 g/mol. The van der Waals surface area contributed by atoms with E-state index in [9.17, 15) is 0 Å². The summed E-state index contributed by atoms with van der Waals surface area (Å²) in [6.07, 6.45) is 2.74. The Hall–Kier alpha value is -1.94. The molecule has 0 bridgehead atoms. The number of hydrogen-bond acceptors (Lipinski definition) is 2. The van der Waals surface area contributed by atoms with Crippen LogP contribution in [0.4, 0.5) is 5.82 Å². The molecule has 3 nitrogen and oxygen atoms in total. The number of pyridine rings is 1. The number of nitrogens with zero attached hydrogens (tertiary/aromatic N) is 1. The third-order valence-corrected chi connectivity index (χ3v) is 3.57. The number of thiocarbonyl (C=S) groups is 1. The SMILES string of the molecule is CC[C@@H](NC(=S)Nc1cc(C)ccn1)c1ccc(C)cc1. The quantitative estimate of drug-likeness (QED) is 0.832. The molecule has 1 heterocycles. The fourth-order valence-corrected chi connectivity index (χ4v) is 2.38. The summed E-state index contributed by atoms with van der Waals surface area (Å²) in [6, 6.07) is 12.7. The minimum absolute atomic E-state index is 0.204. The lowest BCUT2D eigenvalue weighted by molar-refractivity contribution is 0.629. The number of benzene rings is 1. The van der Waals surface area contributed by atoms with Crippen molar-refractivity contribution in [3.8, 4) is 0 Å². The van der Waals surface area contributed by atoms with Gasteiger partial charge in [0, 0.05) is 6.20 Å². The molecule has 0 amide bonds. The van der Waals surface area contributed by atoms with Crippen molar-refractivity contribution in [2.75, 3.05) is 5.32 Å². The molecule has 1 atom stereocenters. The molecule has 0 spiro atoms. The van der Waals surface area contributed by atoms with Gasteiger partial charge in [-0.2, -0.15) is 0 Å². The molecule has 2 N–H and O–H groups in total. The van der Waals surface area contributed by atoms with Crippen LogP contribution >= 0.6 is 12.2 Å². The van der Waals surface area contributed by atoms with E-state index in [-0.39, 0.29) is 6.04 Å². The minimum Gasteiger partial charge on any atom is -0.356 e. The highest BCUT2D eigenvalue weighted by molar-refractivity contribution is 7.80. The van der Waals surface area contributed by atoms with Crippen molar-refractivity contribution in [1.82, 2.24) is 10.3 Å². The van der Waals surface area contributed by atoms with Crippen LogP contribution in [0.5, 0.6) is 0 Å². The van der Waals surface area contributed by atoms with Crippen molar-refractivity contribution in [2.24, 2.45) is 0 Å². The van der Waals surface area contributed by atoms with Gasteiger partial charge in [0.2, 0.25) is 0 Å². The van der Waals surface area contributed by atoms with E-state index in [0.29, 0.717) is 5.11 Å². The van der Waals surface area contributed by atoms with E-state index in [1.807, 2.05) is 19.1 Å². The lowest BCUT2D eigenvalue weighted by Crippen LogP contribution is -2.32. The summed E-state index contributed by atoms with van der Waals surface area (Å²) in [5, 5.41) is 7.09. The zero-order valence-electron chi connectivity index (χ0n) is 12.7. The zero-order chi connectivity index (χ0) is 15.2.